The Hall–Kier alpha value is -2.34. The average Bonchev–Trinajstić information content (AvgIpc) is 2.31. The minimum Gasteiger partial charge on any atom is -0.383 e. The van der Waals surface area contributed by atoms with Crippen LogP contribution in [0, 0.1) is 32.1 Å². The monoisotopic (exact) mass is 237 g/mol. The second-order valence-electron chi connectivity index (χ2n) is 4.50. The third-order valence-electron chi connectivity index (χ3n) is 2.97. The molecule has 0 bridgehead atoms. The van der Waals surface area contributed by atoms with Crippen molar-refractivity contribution in [2.45, 2.75) is 20.8 Å². The number of nitrogens with zero attached hydrogens (tertiary/aromatic N) is 2. The van der Waals surface area contributed by atoms with E-state index in [-0.39, 0.29) is 0 Å². The highest BCUT2D eigenvalue weighted by Crippen LogP contribution is 2.30. The molecule has 0 amide bonds. The van der Waals surface area contributed by atoms with E-state index in [1.165, 1.54) is 0 Å². The zero-order chi connectivity index (χ0) is 13.3. The van der Waals surface area contributed by atoms with Crippen molar-refractivity contribution >= 4 is 5.82 Å². The zero-order valence-corrected chi connectivity index (χ0v) is 10.8. The number of nitriles is 1. The van der Waals surface area contributed by atoms with Crippen LogP contribution in [0.3, 0.4) is 0 Å². The predicted octanol–water partition coefficient (Wildman–Crippen LogP) is 3.13. The van der Waals surface area contributed by atoms with Gasteiger partial charge in [-0.1, -0.05) is 23.8 Å². The van der Waals surface area contributed by atoms with E-state index in [1.807, 2.05) is 26.8 Å². The van der Waals surface area contributed by atoms with Crippen LogP contribution in [-0.2, 0) is 0 Å². The molecule has 0 aliphatic heterocycles. The van der Waals surface area contributed by atoms with Crippen molar-refractivity contribution in [1.29, 1.82) is 5.26 Å². The number of rotatable bonds is 1. The molecular weight excluding hydrogens is 222 g/mol. The molecule has 3 nitrogen and oxygen atoms in total. The molecule has 0 saturated heterocycles. The third kappa shape index (κ3) is 2.05. The molecule has 2 N–H and O–H groups in total. The Kier molecular flexibility index (Phi) is 3.03. The fourth-order valence-corrected chi connectivity index (χ4v) is 2.05. The largest absolute Gasteiger partial charge is 0.383 e. The zero-order valence-electron chi connectivity index (χ0n) is 10.8. The molecule has 2 aromatic rings. The van der Waals surface area contributed by atoms with Crippen LogP contribution in [0.1, 0.15) is 22.4 Å². The van der Waals surface area contributed by atoms with Gasteiger partial charge in [-0.3, -0.25) is 0 Å². The van der Waals surface area contributed by atoms with Gasteiger partial charge in [-0.05, 0) is 38.0 Å². The Bertz CT molecular complexity index is 652. The van der Waals surface area contributed by atoms with Gasteiger partial charge in [0, 0.05) is 11.3 Å². The normalized spacial score (nSPS) is 10.1. The minimum absolute atomic E-state index is 0.299. The van der Waals surface area contributed by atoms with Crippen LogP contribution >= 0.6 is 0 Å². The third-order valence-corrected chi connectivity index (χ3v) is 2.97. The fourth-order valence-electron chi connectivity index (χ4n) is 2.05. The van der Waals surface area contributed by atoms with E-state index in [0.717, 1.165) is 27.9 Å². The van der Waals surface area contributed by atoms with Gasteiger partial charge in [-0.25, -0.2) is 4.98 Å². The topological polar surface area (TPSA) is 62.7 Å². The van der Waals surface area contributed by atoms with Crippen molar-refractivity contribution in [2.24, 2.45) is 0 Å². The Morgan fingerprint density at radius 3 is 2.50 bits per heavy atom. The summed E-state index contributed by atoms with van der Waals surface area (Å²) in [7, 11) is 0. The quantitative estimate of drug-likeness (QED) is 0.828. The summed E-state index contributed by atoms with van der Waals surface area (Å²) >= 11 is 0. The van der Waals surface area contributed by atoms with E-state index in [9.17, 15) is 5.26 Å². The summed E-state index contributed by atoms with van der Waals surface area (Å²) < 4.78 is 0. The van der Waals surface area contributed by atoms with E-state index < -0.39 is 0 Å². The Labute approximate surface area is 107 Å². The summed E-state index contributed by atoms with van der Waals surface area (Å²) in [5, 5.41) is 9.24. The van der Waals surface area contributed by atoms with Crippen LogP contribution in [0.25, 0.3) is 11.1 Å². The maximum Gasteiger partial charge on any atom is 0.142 e. The second kappa shape index (κ2) is 4.50. The number of nitrogens with two attached hydrogens (primary N) is 1. The highest BCUT2D eigenvalue weighted by Gasteiger charge is 2.12. The summed E-state index contributed by atoms with van der Waals surface area (Å²) in [6.45, 7) is 5.94. The van der Waals surface area contributed by atoms with Gasteiger partial charge in [-0.2, -0.15) is 5.26 Å². The minimum atomic E-state index is 0.299. The van der Waals surface area contributed by atoms with Crippen molar-refractivity contribution in [3.05, 3.63) is 46.6 Å². The van der Waals surface area contributed by atoms with E-state index in [4.69, 9.17) is 5.73 Å². The number of nitrogen functional groups attached to an aromatic ring is 1. The van der Waals surface area contributed by atoms with Gasteiger partial charge < -0.3 is 5.73 Å². The van der Waals surface area contributed by atoms with E-state index >= 15 is 0 Å². The van der Waals surface area contributed by atoms with Crippen molar-refractivity contribution in [3.8, 4) is 17.2 Å². The molecule has 0 atom stereocenters. The van der Waals surface area contributed by atoms with Crippen molar-refractivity contribution in [2.75, 3.05) is 5.73 Å². The molecular formula is C15H15N3. The number of pyridine rings is 1. The SMILES string of the molecule is Cc1ccc(C)c(-c2cc(C)nc(N)c2C#N)c1. The fraction of sp³-hybridized carbons (Fsp3) is 0.200. The van der Waals surface area contributed by atoms with E-state index in [0.29, 0.717) is 11.4 Å². The molecule has 0 fully saturated rings. The average molecular weight is 237 g/mol. The van der Waals surface area contributed by atoms with Crippen LogP contribution in [0.2, 0.25) is 0 Å². The summed E-state index contributed by atoms with van der Waals surface area (Å²) in [5.74, 6) is 0.299. The standard InChI is InChI=1S/C15H15N3/c1-9-4-5-10(2)12(6-9)13-7-11(3)18-15(17)14(13)8-16/h4-7H,1-3H3,(H2,17,18). The Morgan fingerprint density at radius 2 is 1.83 bits per heavy atom. The number of aromatic nitrogens is 1. The number of anilines is 1. The van der Waals surface area contributed by atoms with Gasteiger partial charge in [0.15, 0.2) is 0 Å². The molecule has 1 aromatic carbocycles. The van der Waals surface area contributed by atoms with Gasteiger partial charge in [0.25, 0.3) is 0 Å². The van der Waals surface area contributed by atoms with Crippen LogP contribution in [0.15, 0.2) is 24.3 Å². The van der Waals surface area contributed by atoms with Crippen molar-refractivity contribution < 1.29 is 0 Å². The molecule has 0 radical (unpaired) electrons. The highest BCUT2D eigenvalue weighted by atomic mass is 14.8. The maximum atomic E-state index is 9.24. The summed E-state index contributed by atoms with van der Waals surface area (Å²) in [6.07, 6.45) is 0. The lowest BCUT2D eigenvalue weighted by Gasteiger charge is -2.11. The summed E-state index contributed by atoms with van der Waals surface area (Å²) in [5.41, 5.74) is 11.3. The first-order valence-corrected chi connectivity index (χ1v) is 5.77. The molecule has 1 aromatic heterocycles. The highest BCUT2D eigenvalue weighted by molar-refractivity contribution is 5.78. The molecule has 0 spiro atoms. The first kappa shape index (κ1) is 12.1. The number of benzene rings is 1. The van der Waals surface area contributed by atoms with Crippen molar-refractivity contribution in [1.82, 2.24) is 4.98 Å². The van der Waals surface area contributed by atoms with Crippen LogP contribution in [0.4, 0.5) is 5.82 Å². The molecule has 0 saturated carbocycles. The smallest absolute Gasteiger partial charge is 0.142 e. The van der Waals surface area contributed by atoms with Crippen molar-refractivity contribution in [3.63, 3.8) is 0 Å². The number of hydrogen-bond donors (Lipinski definition) is 1. The van der Waals surface area contributed by atoms with Gasteiger partial charge >= 0.3 is 0 Å². The van der Waals surface area contributed by atoms with E-state index in [1.54, 1.807) is 0 Å². The van der Waals surface area contributed by atoms with Gasteiger partial charge in [0.05, 0.1) is 0 Å². The number of hydrogen-bond acceptors (Lipinski definition) is 3. The molecule has 0 aliphatic carbocycles. The van der Waals surface area contributed by atoms with Gasteiger partial charge in [-0.15, -0.1) is 0 Å². The lowest BCUT2D eigenvalue weighted by molar-refractivity contribution is 1.20. The van der Waals surface area contributed by atoms with Crippen LogP contribution in [0.5, 0.6) is 0 Å². The molecule has 2 rings (SSSR count). The Balaban J connectivity index is 2.78. The molecule has 1 heterocycles. The van der Waals surface area contributed by atoms with E-state index in [2.05, 4.69) is 29.3 Å². The Morgan fingerprint density at radius 1 is 1.11 bits per heavy atom. The lowest BCUT2D eigenvalue weighted by Crippen LogP contribution is -2.00. The molecule has 0 aliphatic rings. The lowest BCUT2D eigenvalue weighted by atomic mass is 9.95. The second-order valence-corrected chi connectivity index (χ2v) is 4.50. The molecule has 90 valence electrons. The molecule has 18 heavy (non-hydrogen) atoms. The van der Waals surface area contributed by atoms with Gasteiger partial charge in [0.1, 0.15) is 17.5 Å². The van der Waals surface area contributed by atoms with Crippen LogP contribution in [-0.4, -0.2) is 4.98 Å². The summed E-state index contributed by atoms with van der Waals surface area (Å²) in [4.78, 5) is 4.14. The van der Waals surface area contributed by atoms with Gasteiger partial charge in [0.2, 0.25) is 0 Å². The first-order valence-electron chi connectivity index (χ1n) is 5.77. The van der Waals surface area contributed by atoms with Crippen LogP contribution < -0.4 is 5.73 Å². The molecule has 0 unspecified atom stereocenters. The first-order chi connectivity index (χ1) is 8.52. The number of aryl methyl sites for hydroxylation is 3. The summed E-state index contributed by atoms with van der Waals surface area (Å²) in [6, 6.07) is 10.2. The predicted molar refractivity (Wildman–Crippen MR) is 73.0 cm³/mol. The maximum absolute atomic E-state index is 9.24. The molecule has 3 heteroatoms.